The highest BCUT2D eigenvalue weighted by Gasteiger charge is 2.22. The van der Waals surface area contributed by atoms with Gasteiger partial charge in [0, 0.05) is 18.9 Å². The molecule has 1 N–H and O–H groups in total. The third-order valence-corrected chi connectivity index (χ3v) is 4.05. The minimum atomic E-state index is -3.20. The molecule has 1 unspecified atom stereocenters. The Bertz CT molecular complexity index is 494. The second-order valence-electron chi connectivity index (χ2n) is 3.64. The van der Waals surface area contributed by atoms with Crippen molar-refractivity contribution in [1.29, 1.82) is 0 Å². The molecule has 0 heterocycles. The monoisotopic (exact) mass is 241 g/mol. The average Bonchev–Trinajstić information content (AvgIpc) is 2.25. The van der Waals surface area contributed by atoms with E-state index in [0.717, 1.165) is 6.26 Å². The first-order chi connectivity index (χ1) is 7.38. The van der Waals surface area contributed by atoms with E-state index in [1.54, 1.807) is 31.2 Å². The molecule has 88 valence electrons. The molecule has 1 aromatic carbocycles. The van der Waals surface area contributed by atoms with Crippen LogP contribution in [0.1, 0.15) is 28.1 Å². The van der Waals surface area contributed by atoms with Gasteiger partial charge >= 0.3 is 0 Å². The van der Waals surface area contributed by atoms with Gasteiger partial charge in [0.15, 0.2) is 9.84 Å². The van der Waals surface area contributed by atoms with Gasteiger partial charge in [-0.05, 0) is 18.6 Å². The Hall–Kier alpha value is -1.36. The van der Waals surface area contributed by atoms with Crippen LogP contribution in [0.2, 0.25) is 0 Å². The van der Waals surface area contributed by atoms with Crippen molar-refractivity contribution in [2.75, 3.05) is 13.3 Å². The van der Waals surface area contributed by atoms with E-state index < -0.39 is 15.1 Å². The number of carbonyl (C=O) groups excluding carboxylic acids is 1. The molecule has 1 amide bonds. The second kappa shape index (κ2) is 4.65. The summed E-state index contributed by atoms with van der Waals surface area (Å²) in [5, 5.41) is 1.81. The van der Waals surface area contributed by atoms with Crippen molar-refractivity contribution in [1.82, 2.24) is 5.32 Å². The van der Waals surface area contributed by atoms with E-state index in [4.69, 9.17) is 0 Å². The Morgan fingerprint density at radius 2 is 1.88 bits per heavy atom. The zero-order valence-corrected chi connectivity index (χ0v) is 10.3. The number of rotatable bonds is 3. The molecular weight excluding hydrogens is 226 g/mol. The van der Waals surface area contributed by atoms with Crippen molar-refractivity contribution in [2.24, 2.45) is 0 Å². The molecule has 0 spiro atoms. The summed E-state index contributed by atoms with van der Waals surface area (Å²) in [6.45, 7) is 1.58. The highest BCUT2D eigenvalue weighted by Crippen LogP contribution is 2.24. The number of amides is 1. The topological polar surface area (TPSA) is 63.2 Å². The van der Waals surface area contributed by atoms with Gasteiger partial charge in [-0.15, -0.1) is 0 Å². The molecule has 1 rings (SSSR count). The SMILES string of the molecule is CNC(=O)c1ccccc1C(C)S(C)(=O)=O. The summed E-state index contributed by atoms with van der Waals surface area (Å²) in [4.78, 5) is 11.6. The molecule has 0 fully saturated rings. The maximum Gasteiger partial charge on any atom is 0.251 e. The first-order valence-electron chi connectivity index (χ1n) is 4.87. The number of benzene rings is 1. The molecule has 0 aliphatic heterocycles. The zero-order valence-electron chi connectivity index (χ0n) is 9.52. The minimum Gasteiger partial charge on any atom is -0.355 e. The van der Waals surface area contributed by atoms with Crippen LogP contribution >= 0.6 is 0 Å². The van der Waals surface area contributed by atoms with Gasteiger partial charge in [0.2, 0.25) is 0 Å². The van der Waals surface area contributed by atoms with Gasteiger partial charge in [-0.1, -0.05) is 18.2 Å². The number of sulfone groups is 1. The molecular formula is C11H15NO3S. The molecule has 4 nitrogen and oxygen atoms in total. The molecule has 0 bridgehead atoms. The van der Waals surface area contributed by atoms with E-state index >= 15 is 0 Å². The molecule has 0 radical (unpaired) electrons. The fraction of sp³-hybridized carbons (Fsp3) is 0.364. The van der Waals surface area contributed by atoms with Crippen LogP contribution in [0.4, 0.5) is 0 Å². The molecule has 0 saturated heterocycles. The van der Waals surface area contributed by atoms with Crippen LogP contribution in [0, 0.1) is 0 Å². The maximum atomic E-state index is 11.6. The Morgan fingerprint density at radius 1 is 1.31 bits per heavy atom. The third kappa shape index (κ3) is 2.61. The number of hydrogen-bond acceptors (Lipinski definition) is 3. The number of hydrogen-bond donors (Lipinski definition) is 1. The highest BCUT2D eigenvalue weighted by atomic mass is 32.2. The lowest BCUT2D eigenvalue weighted by molar-refractivity contribution is 0.0962. The van der Waals surface area contributed by atoms with Crippen molar-refractivity contribution in [3.05, 3.63) is 35.4 Å². The van der Waals surface area contributed by atoms with Crippen LogP contribution in [0.25, 0.3) is 0 Å². The summed E-state index contributed by atoms with van der Waals surface area (Å²) in [6, 6.07) is 6.72. The van der Waals surface area contributed by atoms with Gasteiger partial charge in [0.25, 0.3) is 5.91 Å². The van der Waals surface area contributed by atoms with Crippen LogP contribution in [0.5, 0.6) is 0 Å². The van der Waals surface area contributed by atoms with Crippen LogP contribution in [-0.2, 0) is 9.84 Å². The van der Waals surface area contributed by atoms with Crippen LogP contribution in [0.3, 0.4) is 0 Å². The van der Waals surface area contributed by atoms with E-state index in [9.17, 15) is 13.2 Å². The Labute approximate surface area is 95.6 Å². The smallest absolute Gasteiger partial charge is 0.251 e. The van der Waals surface area contributed by atoms with Crippen LogP contribution < -0.4 is 5.32 Å². The summed E-state index contributed by atoms with van der Waals surface area (Å²) in [6.07, 6.45) is 1.16. The fourth-order valence-corrected chi connectivity index (χ4v) is 2.09. The van der Waals surface area contributed by atoms with Crippen molar-refractivity contribution in [2.45, 2.75) is 12.2 Å². The Morgan fingerprint density at radius 3 is 2.38 bits per heavy atom. The van der Waals surface area contributed by atoms with Crippen LogP contribution in [0.15, 0.2) is 24.3 Å². The molecule has 16 heavy (non-hydrogen) atoms. The molecule has 1 aromatic rings. The second-order valence-corrected chi connectivity index (χ2v) is 6.00. The standard InChI is InChI=1S/C11H15NO3S/c1-8(16(3,14)15)9-6-4-5-7-10(9)11(13)12-2/h4-8H,1-3H3,(H,12,13). The minimum absolute atomic E-state index is 0.272. The zero-order chi connectivity index (χ0) is 12.3. The normalized spacial score (nSPS) is 13.2. The molecule has 5 heteroatoms. The van der Waals surface area contributed by atoms with Gasteiger partial charge in [-0.25, -0.2) is 8.42 Å². The van der Waals surface area contributed by atoms with Crippen molar-refractivity contribution < 1.29 is 13.2 Å². The largest absolute Gasteiger partial charge is 0.355 e. The van der Waals surface area contributed by atoms with Gasteiger partial charge in [-0.2, -0.15) is 0 Å². The van der Waals surface area contributed by atoms with Crippen LogP contribution in [-0.4, -0.2) is 27.6 Å². The van der Waals surface area contributed by atoms with Gasteiger partial charge < -0.3 is 5.32 Å². The third-order valence-electron chi connectivity index (χ3n) is 2.51. The summed E-state index contributed by atoms with van der Waals surface area (Å²) >= 11 is 0. The lowest BCUT2D eigenvalue weighted by atomic mass is 10.0. The average molecular weight is 241 g/mol. The van der Waals surface area contributed by atoms with Crippen molar-refractivity contribution in [3.63, 3.8) is 0 Å². The van der Waals surface area contributed by atoms with Gasteiger partial charge in [0.05, 0.1) is 5.25 Å². The van der Waals surface area contributed by atoms with Gasteiger partial charge in [-0.3, -0.25) is 4.79 Å². The molecule has 0 aliphatic rings. The molecule has 0 saturated carbocycles. The van der Waals surface area contributed by atoms with E-state index in [1.807, 2.05) is 0 Å². The maximum absolute atomic E-state index is 11.6. The predicted octanol–water partition coefficient (Wildman–Crippen LogP) is 1.15. The quantitative estimate of drug-likeness (QED) is 0.863. The summed E-state index contributed by atoms with van der Waals surface area (Å²) in [5.41, 5.74) is 0.937. The van der Waals surface area contributed by atoms with Crippen molar-refractivity contribution >= 4 is 15.7 Å². The van der Waals surface area contributed by atoms with Gasteiger partial charge in [0.1, 0.15) is 0 Å². The summed E-state index contributed by atoms with van der Waals surface area (Å²) in [5.74, 6) is -0.272. The molecule has 1 atom stereocenters. The van der Waals surface area contributed by atoms with Crippen molar-refractivity contribution in [3.8, 4) is 0 Å². The first kappa shape index (κ1) is 12.7. The summed E-state index contributed by atoms with van der Waals surface area (Å²) < 4.78 is 22.9. The molecule has 0 aromatic heterocycles. The number of carbonyl (C=O) groups is 1. The van der Waals surface area contributed by atoms with E-state index in [1.165, 1.54) is 7.05 Å². The molecule has 0 aliphatic carbocycles. The number of nitrogens with one attached hydrogen (secondary N) is 1. The summed E-state index contributed by atoms with van der Waals surface area (Å²) in [7, 11) is -1.68. The van der Waals surface area contributed by atoms with E-state index in [0.29, 0.717) is 11.1 Å². The first-order valence-corrected chi connectivity index (χ1v) is 6.83. The predicted molar refractivity (Wildman–Crippen MR) is 63.1 cm³/mol. The Kier molecular flexibility index (Phi) is 3.70. The lowest BCUT2D eigenvalue weighted by Crippen LogP contribution is -2.21. The Balaban J connectivity index is 3.29. The lowest BCUT2D eigenvalue weighted by Gasteiger charge is -2.13. The van der Waals surface area contributed by atoms with E-state index in [2.05, 4.69) is 5.32 Å². The van der Waals surface area contributed by atoms with E-state index in [-0.39, 0.29) is 5.91 Å². The highest BCUT2D eigenvalue weighted by molar-refractivity contribution is 7.90. The fourth-order valence-electron chi connectivity index (χ4n) is 1.42.